The van der Waals surface area contributed by atoms with Gasteiger partial charge in [0.25, 0.3) is 0 Å². The molecule has 0 aromatic carbocycles. The van der Waals surface area contributed by atoms with Crippen LogP contribution in [-0.2, 0) is 29.1 Å². The lowest BCUT2D eigenvalue weighted by molar-refractivity contribution is -0.155. The Morgan fingerprint density at radius 1 is 1.29 bits per heavy atom. The van der Waals surface area contributed by atoms with Crippen molar-refractivity contribution in [3.63, 3.8) is 0 Å². The van der Waals surface area contributed by atoms with E-state index in [-0.39, 0.29) is 25.2 Å². The lowest BCUT2D eigenvalue weighted by atomic mass is 10.1. The van der Waals surface area contributed by atoms with E-state index in [0.717, 1.165) is 0 Å². The summed E-state index contributed by atoms with van der Waals surface area (Å²) in [6.45, 7) is 5.01. The smallest absolute Gasteiger partial charge is 0.321 e. The summed E-state index contributed by atoms with van der Waals surface area (Å²) in [6.07, 6.45) is -0.377. The van der Waals surface area contributed by atoms with E-state index in [1.807, 2.05) is 4.72 Å². The van der Waals surface area contributed by atoms with E-state index < -0.39 is 33.6 Å². The van der Waals surface area contributed by atoms with E-state index >= 15 is 0 Å². The fourth-order valence-corrected chi connectivity index (χ4v) is 2.51. The first-order chi connectivity index (χ1) is 9.47. The van der Waals surface area contributed by atoms with Gasteiger partial charge >= 0.3 is 11.9 Å². The first-order valence-corrected chi connectivity index (χ1v) is 8.05. The molecule has 0 aromatic rings. The molecule has 0 rings (SSSR count). The van der Waals surface area contributed by atoms with E-state index in [9.17, 15) is 18.0 Å². The highest BCUT2D eigenvalue weighted by molar-refractivity contribution is 7.89. The van der Waals surface area contributed by atoms with E-state index in [4.69, 9.17) is 9.84 Å². The number of nitrogens with one attached hydrogen (secondary N) is 1. The first kappa shape index (κ1) is 19.8. The van der Waals surface area contributed by atoms with Crippen LogP contribution >= 0.6 is 0 Å². The van der Waals surface area contributed by atoms with Crippen LogP contribution in [0.25, 0.3) is 0 Å². The van der Waals surface area contributed by atoms with Crippen molar-refractivity contribution in [1.82, 2.24) is 4.72 Å². The normalized spacial score (nSPS) is 13.7. The van der Waals surface area contributed by atoms with Gasteiger partial charge in [-0.25, -0.2) is 13.1 Å². The Hall–Kier alpha value is -1.19. The van der Waals surface area contributed by atoms with Gasteiger partial charge in [-0.15, -0.1) is 0 Å². The number of carboxylic acid groups (broad SMARTS) is 1. The number of hydrogen-bond donors (Lipinski definition) is 2. The minimum Gasteiger partial charge on any atom is -0.480 e. The fraction of sp³-hybridized carbons (Fsp3) is 0.833. The maximum absolute atomic E-state index is 11.6. The number of carbonyl (C=O) groups is 2. The Balaban J connectivity index is 4.52. The van der Waals surface area contributed by atoms with Crippen LogP contribution in [0.4, 0.5) is 0 Å². The van der Waals surface area contributed by atoms with E-state index in [1.165, 1.54) is 7.11 Å². The zero-order valence-corrected chi connectivity index (χ0v) is 13.5. The van der Waals surface area contributed by atoms with Gasteiger partial charge in [0, 0.05) is 13.5 Å². The number of esters is 1. The molecule has 0 aliphatic heterocycles. The van der Waals surface area contributed by atoms with Crippen molar-refractivity contribution in [3.05, 3.63) is 0 Å². The third kappa shape index (κ3) is 10.2. The van der Waals surface area contributed by atoms with Gasteiger partial charge in [-0.2, -0.15) is 0 Å². The molecule has 0 unspecified atom stereocenters. The number of carbonyl (C=O) groups excluding carboxylic acids is 1. The zero-order valence-electron chi connectivity index (χ0n) is 12.7. The average Bonchev–Trinajstić information content (AvgIpc) is 2.29. The van der Waals surface area contributed by atoms with Crippen LogP contribution in [-0.4, -0.2) is 56.6 Å². The summed E-state index contributed by atoms with van der Waals surface area (Å²) in [5, 5.41) is 9.00. The second kappa shape index (κ2) is 8.30. The molecule has 2 N–H and O–H groups in total. The highest BCUT2D eigenvalue weighted by Gasteiger charge is 2.25. The summed E-state index contributed by atoms with van der Waals surface area (Å²) in [4.78, 5) is 22.5. The van der Waals surface area contributed by atoms with Crippen molar-refractivity contribution in [1.29, 1.82) is 0 Å². The molecule has 0 radical (unpaired) electrons. The molecule has 0 aliphatic carbocycles. The second-order valence-corrected chi connectivity index (χ2v) is 7.32. The molecule has 1 atom stereocenters. The Bertz CT molecular complexity index is 453. The summed E-state index contributed by atoms with van der Waals surface area (Å²) in [7, 11) is -2.44. The van der Waals surface area contributed by atoms with Crippen molar-refractivity contribution < 1.29 is 32.6 Å². The van der Waals surface area contributed by atoms with Gasteiger partial charge in [0.2, 0.25) is 10.0 Å². The van der Waals surface area contributed by atoms with Crippen LogP contribution in [0, 0.1) is 0 Å². The molecule has 0 saturated carbocycles. The van der Waals surface area contributed by atoms with Crippen molar-refractivity contribution in [3.8, 4) is 0 Å². The van der Waals surface area contributed by atoms with Crippen LogP contribution in [0.2, 0.25) is 0 Å². The summed E-state index contributed by atoms with van der Waals surface area (Å²) in [6, 6.07) is -1.38. The third-order valence-electron chi connectivity index (χ3n) is 2.23. The number of hydrogen-bond acceptors (Lipinski definition) is 6. The standard InChI is InChI=1S/C12H23NO7S/c1-12(2,3)20-10(14)6-5-9(11(15)16)13-21(17,18)8-7-19-4/h9,13H,5-8H2,1-4H3,(H,15,16)/t9-/m1/s1. The molecular formula is C12H23NO7S. The topological polar surface area (TPSA) is 119 Å². The Labute approximate surface area is 124 Å². The SMILES string of the molecule is COCCS(=O)(=O)N[C@H](CCC(=O)OC(C)(C)C)C(=O)O. The van der Waals surface area contributed by atoms with E-state index in [0.29, 0.717) is 0 Å². The predicted octanol–water partition coefficient (Wildman–Crippen LogP) is 0.127. The van der Waals surface area contributed by atoms with Crippen LogP contribution in [0.5, 0.6) is 0 Å². The van der Waals surface area contributed by atoms with Gasteiger partial charge in [-0.3, -0.25) is 9.59 Å². The monoisotopic (exact) mass is 325 g/mol. The third-order valence-corrected chi connectivity index (χ3v) is 3.58. The number of sulfonamides is 1. The maximum Gasteiger partial charge on any atom is 0.321 e. The van der Waals surface area contributed by atoms with Crippen LogP contribution < -0.4 is 4.72 Å². The number of aliphatic carboxylic acids is 1. The molecule has 9 heteroatoms. The lowest BCUT2D eigenvalue weighted by Gasteiger charge is -2.20. The second-order valence-electron chi connectivity index (χ2n) is 5.45. The number of ether oxygens (including phenoxy) is 2. The molecule has 0 saturated heterocycles. The molecule has 0 spiro atoms. The molecule has 21 heavy (non-hydrogen) atoms. The van der Waals surface area contributed by atoms with Crippen molar-refractivity contribution in [2.45, 2.75) is 45.3 Å². The Morgan fingerprint density at radius 3 is 2.29 bits per heavy atom. The highest BCUT2D eigenvalue weighted by Crippen LogP contribution is 2.10. The summed E-state index contributed by atoms with van der Waals surface area (Å²) in [5.74, 6) is -2.27. The number of carboxylic acids is 1. The fourth-order valence-electron chi connectivity index (χ4n) is 1.36. The minimum atomic E-state index is -3.78. The van der Waals surface area contributed by atoms with Crippen molar-refractivity contribution in [2.24, 2.45) is 0 Å². The first-order valence-electron chi connectivity index (χ1n) is 6.40. The molecular weight excluding hydrogens is 302 g/mol. The minimum absolute atomic E-state index is 0.0479. The average molecular weight is 325 g/mol. The van der Waals surface area contributed by atoms with Gasteiger partial charge in [-0.1, -0.05) is 0 Å². The van der Waals surface area contributed by atoms with Crippen LogP contribution in [0.1, 0.15) is 33.6 Å². The molecule has 0 heterocycles. The van der Waals surface area contributed by atoms with Gasteiger partial charge in [0.05, 0.1) is 12.4 Å². The van der Waals surface area contributed by atoms with Gasteiger partial charge < -0.3 is 14.6 Å². The molecule has 0 aliphatic rings. The van der Waals surface area contributed by atoms with Crippen molar-refractivity contribution in [2.75, 3.05) is 19.5 Å². The summed E-state index contributed by atoms with van der Waals surface area (Å²) < 4.78 is 34.9. The van der Waals surface area contributed by atoms with E-state index in [1.54, 1.807) is 20.8 Å². The van der Waals surface area contributed by atoms with Crippen LogP contribution in [0.3, 0.4) is 0 Å². The van der Waals surface area contributed by atoms with E-state index in [2.05, 4.69) is 4.74 Å². The maximum atomic E-state index is 11.6. The van der Waals surface area contributed by atoms with Crippen molar-refractivity contribution >= 4 is 22.0 Å². The summed E-state index contributed by atoms with van der Waals surface area (Å²) in [5.41, 5.74) is -0.673. The van der Waals surface area contributed by atoms with Crippen LogP contribution in [0.15, 0.2) is 0 Å². The number of rotatable bonds is 9. The Morgan fingerprint density at radius 2 is 1.86 bits per heavy atom. The van der Waals surface area contributed by atoms with Gasteiger partial charge in [0.15, 0.2) is 0 Å². The molecule has 124 valence electrons. The highest BCUT2D eigenvalue weighted by atomic mass is 32.2. The molecule has 0 aromatic heterocycles. The number of methoxy groups -OCH3 is 1. The summed E-state index contributed by atoms with van der Waals surface area (Å²) >= 11 is 0. The molecule has 8 nitrogen and oxygen atoms in total. The predicted molar refractivity (Wildman–Crippen MR) is 75.3 cm³/mol. The quantitative estimate of drug-likeness (QED) is 0.578. The molecule has 0 fully saturated rings. The molecule has 0 bridgehead atoms. The molecule has 0 amide bonds. The van der Waals surface area contributed by atoms with Gasteiger partial charge in [0.1, 0.15) is 11.6 Å². The largest absolute Gasteiger partial charge is 0.480 e. The Kier molecular flexibility index (Phi) is 7.83. The lowest BCUT2D eigenvalue weighted by Crippen LogP contribution is -2.42. The van der Waals surface area contributed by atoms with Gasteiger partial charge in [-0.05, 0) is 27.2 Å². The zero-order chi connectivity index (χ0) is 16.7.